The van der Waals surface area contributed by atoms with Gasteiger partial charge in [-0.25, -0.2) is 9.07 Å². The zero-order valence-electron chi connectivity index (χ0n) is 7.54. The highest BCUT2D eigenvalue weighted by Gasteiger charge is 2.05. The molecule has 0 aliphatic heterocycles. The summed E-state index contributed by atoms with van der Waals surface area (Å²) in [7, 11) is 0. The molecule has 0 aliphatic carbocycles. The average molecular weight is 255 g/mol. The minimum absolute atomic E-state index is 0.227. The van der Waals surface area contributed by atoms with Gasteiger partial charge in [0.1, 0.15) is 10.4 Å². The molecular weight excluding hydrogens is 247 g/mol. The van der Waals surface area contributed by atoms with Crippen LogP contribution in [0, 0.1) is 12.7 Å². The van der Waals surface area contributed by atoms with E-state index in [1.165, 1.54) is 12.1 Å². The van der Waals surface area contributed by atoms with Crippen LogP contribution in [0.2, 0.25) is 0 Å². The summed E-state index contributed by atoms with van der Waals surface area (Å²) < 4.78 is 15.4. The molecule has 72 valence electrons. The van der Waals surface area contributed by atoms with Gasteiger partial charge in [0.2, 0.25) is 0 Å². The van der Waals surface area contributed by atoms with Crippen molar-refractivity contribution >= 4 is 15.9 Å². The van der Waals surface area contributed by atoms with Gasteiger partial charge >= 0.3 is 0 Å². The maximum Gasteiger partial charge on any atom is 0.123 e. The SMILES string of the molecule is Cc1cc(F)ccc1-n1nccc1Br. The van der Waals surface area contributed by atoms with Gasteiger partial charge < -0.3 is 0 Å². The molecule has 2 aromatic rings. The van der Waals surface area contributed by atoms with Gasteiger partial charge in [0, 0.05) is 0 Å². The standard InChI is InChI=1S/C10H8BrFN2/c1-7-6-8(12)2-3-9(7)14-10(11)4-5-13-14/h2-6H,1H3. The van der Waals surface area contributed by atoms with Gasteiger partial charge in [0.05, 0.1) is 11.9 Å². The largest absolute Gasteiger partial charge is 0.226 e. The molecule has 1 aromatic carbocycles. The number of aromatic nitrogens is 2. The number of hydrogen-bond donors (Lipinski definition) is 0. The Hall–Kier alpha value is -1.16. The van der Waals surface area contributed by atoms with E-state index in [-0.39, 0.29) is 5.82 Å². The summed E-state index contributed by atoms with van der Waals surface area (Å²) in [5, 5.41) is 4.12. The smallest absolute Gasteiger partial charge is 0.123 e. The molecule has 0 unspecified atom stereocenters. The Bertz CT molecular complexity index is 465. The number of rotatable bonds is 1. The lowest BCUT2D eigenvalue weighted by molar-refractivity contribution is 0.625. The molecule has 0 aliphatic rings. The Labute approximate surface area is 89.5 Å². The lowest BCUT2D eigenvalue weighted by Crippen LogP contribution is -1.99. The molecule has 0 fully saturated rings. The lowest BCUT2D eigenvalue weighted by Gasteiger charge is -2.06. The van der Waals surface area contributed by atoms with Crippen LogP contribution in [0.3, 0.4) is 0 Å². The van der Waals surface area contributed by atoms with Crippen LogP contribution >= 0.6 is 15.9 Å². The van der Waals surface area contributed by atoms with Gasteiger partial charge in [-0.15, -0.1) is 0 Å². The first-order chi connectivity index (χ1) is 6.68. The maximum atomic E-state index is 12.8. The van der Waals surface area contributed by atoms with Crippen LogP contribution < -0.4 is 0 Å². The molecular formula is C10H8BrFN2. The van der Waals surface area contributed by atoms with Gasteiger partial charge in [-0.2, -0.15) is 5.10 Å². The van der Waals surface area contributed by atoms with Crippen LogP contribution in [0.1, 0.15) is 5.56 Å². The molecule has 1 heterocycles. The first kappa shape index (κ1) is 9.40. The highest BCUT2D eigenvalue weighted by Crippen LogP contribution is 2.19. The highest BCUT2D eigenvalue weighted by atomic mass is 79.9. The summed E-state index contributed by atoms with van der Waals surface area (Å²) in [6, 6.07) is 6.46. The minimum Gasteiger partial charge on any atom is -0.226 e. The second-order valence-electron chi connectivity index (χ2n) is 3.00. The monoisotopic (exact) mass is 254 g/mol. The molecule has 1 aromatic heterocycles. The predicted octanol–water partition coefficient (Wildman–Crippen LogP) is 3.08. The molecule has 0 radical (unpaired) electrons. The van der Waals surface area contributed by atoms with Crippen LogP contribution in [0.25, 0.3) is 5.69 Å². The van der Waals surface area contributed by atoms with E-state index in [1.807, 2.05) is 13.0 Å². The number of benzene rings is 1. The average Bonchev–Trinajstić information content (AvgIpc) is 2.52. The molecule has 2 rings (SSSR count). The first-order valence-electron chi connectivity index (χ1n) is 4.14. The van der Waals surface area contributed by atoms with E-state index < -0.39 is 0 Å². The van der Waals surface area contributed by atoms with Crippen molar-refractivity contribution in [3.63, 3.8) is 0 Å². The summed E-state index contributed by atoms with van der Waals surface area (Å²) in [5.74, 6) is -0.227. The Morgan fingerprint density at radius 2 is 2.14 bits per heavy atom. The molecule has 0 N–H and O–H groups in total. The first-order valence-corrected chi connectivity index (χ1v) is 4.94. The molecule has 0 amide bonds. The highest BCUT2D eigenvalue weighted by molar-refractivity contribution is 9.10. The minimum atomic E-state index is -0.227. The van der Waals surface area contributed by atoms with E-state index >= 15 is 0 Å². The molecule has 0 saturated heterocycles. The second-order valence-corrected chi connectivity index (χ2v) is 3.81. The fourth-order valence-corrected chi connectivity index (χ4v) is 1.72. The summed E-state index contributed by atoms with van der Waals surface area (Å²) >= 11 is 3.36. The molecule has 0 atom stereocenters. The van der Waals surface area contributed by atoms with Crippen molar-refractivity contribution < 1.29 is 4.39 Å². The Morgan fingerprint density at radius 1 is 1.36 bits per heavy atom. The zero-order valence-corrected chi connectivity index (χ0v) is 9.12. The Kier molecular flexibility index (Phi) is 2.37. The van der Waals surface area contributed by atoms with Gasteiger partial charge in [-0.3, -0.25) is 0 Å². The van der Waals surface area contributed by atoms with Gasteiger partial charge in [-0.05, 0) is 52.7 Å². The van der Waals surface area contributed by atoms with Crippen LogP contribution in [-0.4, -0.2) is 9.78 Å². The number of nitrogens with zero attached hydrogens (tertiary/aromatic N) is 2. The van der Waals surface area contributed by atoms with Gasteiger partial charge in [0.15, 0.2) is 0 Å². The van der Waals surface area contributed by atoms with E-state index in [4.69, 9.17) is 0 Å². The Balaban J connectivity index is 2.58. The third-order valence-corrected chi connectivity index (χ3v) is 2.58. The second kappa shape index (κ2) is 3.53. The topological polar surface area (TPSA) is 17.8 Å². The van der Waals surface area contributed by atoms with Crippen LogP contribution in [0.4, 0.5) is 4.39 Å². The van der Waals surface area contributed by atoms with Crippen LogP contribution in [-0.2, 0) is 0 Å². The Morgan fingerprint density at radius 3 is 2.71 bits per heavy atom. The fraction of sp³-hybridized carbons (Fsp3) is 0.100. The summed E-state index contributed by atoms with van der Waals surface area (Å²) in [4.78, 5) is 0. The van der Waals surface area contributed by atoms with Crippen LogP contribution in [0.5, 0.6) is 0 Å². The van der Waals surface area contributed by atoms with Crippen molar-refractivity contribution in [3.05, 3.63) is 46.4 Å². The molecule has 4 heteroatoms. The van der Waals surface area contributed by atoms with Crippen molar-refractivity contribution in [2.75, 3.05) is 0 Å². The van der Waals surface area contributed by atoms with Crippen molar-refractivity contribution in [2.24, 2.45) is 0 Å². The summed E-state index contributed by atoms with van der Waals surface area (Å²) in [6.45, 7) is 1.85. The number of halogens is 2. The van der Waals surface area contributed by atoms with Crippen molar-refractivity contribution in [2.45, 2.75) is 6.92 Å². The quantitative estimate of drug-likeness (QED) is 0.765. The molecule has 0 bridgehead atoms. The van der Waals surface area contributed by atoms with Gasteiger partial charge in [0.25, 0.3) is 0 Å². The van der Waals surface area contributed by atoms with E-state index in [0.717, 1.165) is 15.9 Å². The number of aryl methyl sites for hydroxylation is 1. The van der Waals surface area contributed by atoms with E-state index in [2.05, 4.69) is 21.0 Å². The van der Waals surface area contributed by atoms with Gasteiger partial charge in [-0.1, -0.05) is 0 Å². The summed E-state index contributed by atoms with van der Waals surface area (Å²) in [6.07, 6.45) is 1.69. The zero-order chi connectivity index (χ0) is 10.1. The van der Waals surface area contributed by atoms with Crippen LogP contribution in [0.15, 0.2) is 35.1 Å². The maximum absolute atomic E-state index is 12.8. The van der Waals surface area contributed by atoms with Crippen molar-refractivity contribution in [1.82, 2.24) is 9.78 Å². The summed E-state index contributed by atoms with van der Waals surface area (Å²) in [5.41, 5.74) is 1.73. The number of hydrogen-bond acceptors (Lipinski definition) is 1. The lowest BCUT2D eigenvalue weighted by atomic mass is 10.2. The van der Waals surface area contributed by atoms with Crippen molar-refractivity contribution in [1.29, 1.82) is 0 Å². The van der Waals surface area contributed by atoms with E-state index in [1.54, 1.807) is 16.9 Å². The van der Waals surface area contributed by atoms with E-state index in [0.29, 0.717) is 0 Å². The van der Waals surface area contributed by atoms with E-state index in [9.17, 15) is 4.39 Å². The molecule has 2 nitrogen and oxygen atoms in total. The third-order valence-electron chi connectivity index (χ3n) is 1.98. The van der Waals surface area contributed by atoms with Crippen molar-refractivity contribution in [3.8, 4) is 5.69 Å². The molecule has 0 saturated carbocycles. The fourth-order valence-electron chi connectivity index (χ4n) is 1.32. The predicted molar refractivity (Wildman–Crippen MR) is 56.0 cm³/mol. The normalized spacial score (nSPS) is 10.5. The molecule has 14 heavy (non-hydrogen) atoms. The molecule has 0 spiro atoms. The third kappa shape index (κ3) is 1.57.